The van der Waals surface area contributed by atoms with Gasteiger partial charge in [0.25, 0.3) is 0 Å². The Morgan fingerprint density at radius 1 is 0.913 bits per heavy atom. The SMILES string of the molecule is OCCN1CCN(C(c2ccccc2)c2cccc(Cl)c2)CC1. The third-order valence-electron chi connectivity index (χ3n) is 4.47. The van der Waals surface area contributed by atoms with Gasteiger partial charge in [0.05, 0.1) is 12.6 Å². The summed E-state index contributed by atoms with van der Waals surface area (Å²) in [5.41, 5.74) is 2.53. The summed E-state index contributed by atoms with van der Waals surface area (Å²) in [5, 5.41) is 9.89. The lowest BCUT2D eigenvalue weighted by Crippen LogP contribution is -2.48. The van der Waals surface area contributed by atoms with E-state index in [-0.39, 0.29) is 12.6 Å². The van der Waals surface area contributed by atoms with Crippen molar-refractivity contribution in [3.8, 4) is 0 Å². The van der Waals surface area contributed by atoms with E-state index in [1.54, 1.807) is 0 Å². The molecule has 2 aromatic rings. The fraction of sp³-hybridized carbons (Fsp3) is 0.368. The number of β-amino-alcohol motifs (C(OH)–C–C–N with tert-alkyl or cyclic N) is 1. The van der Waals surface area contributed by atoms with E-state index in [1.807, 2.05) is 12.1 Å². The van der Waals surface area contributed by atoms with Crippen molar-refractivity contribution < 1.29 is 5.11 Å². The molecule has 1 N–H and O–H groups in total. The molecule has 0 bridgehead atoms. The van der Waals surface area contributed by atoms with Crippen LogP contribution in [0.15, 0.2) is 54.6 Å². The van der Waals surface area contributed by atoms with E-state index in [1.165, 1.54) is 11.1 Å². The van der Waals surface area contributed by atoms with Crippen molar-refractivity contribution in [2.45, 2.75) is 6.04 Å². The van der Waals surface area contributed by atoms with Crippen LogP contribution in [-0.4, -0.2) is 54.2 Å². The zero-order valence-corrected chi connectivity index (χ0v) is 14.0. The minimum atomic E-state index is 0.228. The highest BCUT2D eigenvalue weighted by Crippen LogP contribution is 2.30. The Bertz CT molecular complexity index is 612. The molecule has 1 aliphatic rings. The van der Waals surface area contributed by atoms with Crippen LogP contribution in [0.4, 0.5) is 0 Å². The van der Waals surface area contributed by atoms with Gasteiger partial charge in [-0.25, -0.2) is 0 Å². The average Bonchev–Trinajstić information content (AvgIpc) is 2.58. The number of piperazine rings is 1. The maximum absolute atomic E-state index is 9.11. The van der Waals surface area contributed by atoms with Gasteiger partial charge in [0.1, 0.15) is 0 Å². The van der Waals surface area contributed by atoms with E-state index in [4.69, 9.17) is 16.7 Å². The van der Waals surface area contributed by atoms with Crippen LogP contribution in [0.1, 0.15) is 17.2 Å². The first-order valence-electron chi connectivity index (χ1n) is 8.15. The second kappa shape index (κ2) is 7.93. The minimum absolute atomic E-state index is 0.228. The molecule has 1 heterocycles. The predicted octanol–water partition coefficient (Wildman–Crippen LogP) is 3.04. The molecule has 23 heavy (non-hydrogen) atoms. The first kappa shape index (κ1) is 16.5. The summed E-state index contributed by atoms with van der Waals surface area (Å²) < 4.78 is 0. The number of aliphatic hydroxyl groups excluding tert-OH is 1. The van der Waals surface area contributed by atoms with E-state index >= 15 is 0 Å². The first-order chi connectivity index (χ1) is 11.3. The Balaban J connectivity index is 1.85. The summed E-state index contributed by atoms with van der Waals surface area (Å²) >= 11 is 6.23. The van der Waals surface area contributed by atoms with E-state index < -0.39 is 0 Å². The zero-order chi connectivity index (χ0) is 16.1. The predicted molar refractivity (Wildman–Crippen MR) is 94.8 cm³/mol. The number of benzene rings is 2. The van der Waals surface area contributed by atoms with Gasteiger partial charge in [-0.3, -0.25) is 9.80 Å². The Morgan fingerprint density at radius 3 is 2.26 bits per heavy atom. The van der Waals surface area contributed by atoms with Gasteiger partial charge >= 0.3 is 0 Å². The fourth-order valence-corrected chi connectivity index (χ4v) is 3.51. The van der Waals surface area contributed by atoms with Gasteiger partial charge in [-0.05, 0) is 23.3 Å². The molecule has 0 aromatic heterocycles. The Kier molecular flexibility index (Phi) is 5.68. The van der Waals surface area contributed by atoms with Crippen molar-refractivity contribution in [2.24, 2.45) is 0 Å². The number of aliphatic hydroxyl groups is 1. The maximum Gasteiger partial charge on any atom is 0.0603 e. The molecule has 0 aliphatic carbocycles. The van der Waals surface area contributed by atoms with Crippen LogP contribution >= 0.6 is 11.6 Å². The van der Waals surface area contributed by atoms with Gasteiger partial charge in [-0.2, -0.15) is 0 Å². The lowest BCUT2D eigenvalue weighted by Gasteiger charge is -2.39. The van der Waals surface area contributed by atoms with E-state index in [9.17, 15) is 0 Å². The van der Waals surface area contributed by atoms with E-state index in [0.717, 1.165) is 37.7 Å². The van der Waals surface area contributed by atoms with Crippen molar-refractivity contribution in [1.82, 2.24) is 9.80 Å². The molecule has 0 saturated carbocycles. The molecular formula is C19H23ClN2O. The maximum atomic E-state index is 9.11. The molecule has 1 aliphatic heterocycles. The van der Waals surface area contributed by atoms with Crippen molar-refractivity contribution in [3.63, 3.8) is 0 Å². The molecule has 1 saturated heterocycles. The summed E-state index contributed by atoms with van der Waals surface area (Å²) in [6.07, 6.45) is 0. The van der Waals surface area contributed by atoms with Gasteiger partial charge in [-0.1, -0.05) is 54.1 Å². The molecule has 1 unspecified atom stereocenters. The monoisotopic (exact) mass is 330 g/mol. The molecule has 122 valence electrons. The quantitative estimate of drug-likeness (QED) is 0.913. The molecule has 0 radical (unpaired) electrons. The summed E-state index contributed by atoms with van der Waals surface area (Å²) in [7, 11) is 0. The minimum Gasteiger partial charge on any atom is -0.395 e. The zero-order valence-electron chi connectivity index (χ0n) is 13.2. The van der Waals surface area contributed by atoms with Crippen LogP contribution in [0, 0.1) is 0 Å². The van der Waals surface area contributed by atoms with Crippen molar-refractivity contribution in [2.75, 3.05) is 39.3 Å². The number of hydrogen-bond donors (Lipinski definition) is 1. The second-order valence-corrected chi connectivity index (χ2v) is 6.41. The Labute approximate surface area is 143 Å². The highest BCUT2D eigenvalue weighted by atomic mass is 35.5. The van der Waals surface area contributed by atoms with Gasteiger partial charge in [0.15, 0.2) is 0 Å². The summed E-state index contributed by atoms with van der Waals surface area (Å²) in [6, 6.07) is 19.0. The van der Waals surface area contributed by atoms with Crippen molar-refractivity contribution >= 4 is 11.6 Å². The number of nitrogens with zero attached hydrogens (tertiary/aromatic N) is 2. The summed E-state index contributed by atoms with van der Waals surface area (Å²) in [4.78, 5) is 4.82. The normalized spacial score (nSPS) is 18.0. The second-order valence-electron chi connectivity index (χ2n) is 5.97. The van der Waals surface area contributed by atoms with Gasteiger partial charge in [0, 0.05) is 37.7 Å². The Morgan fingerprint density at radius 2 is 1.61 bits per heavy atom. The third-order valence-corrected chi connectivity index (χ3v) is 4.70. The molecule has 2 aromatic carbocycles. The van der Waals surface area contributed by atoms with Gasteiger partial charge in [0.2, 0.25) is 0 Å². The van der Waals surface area contributed by atoms with Crippen LogP contribution in [0.2, 0.25) is 5.02 Å². The molecule has 1 fully saturated rings. The molecule has 3 rings (SSSR count). The number of rotatable bonds is 5. The van der Waals surface area contributed by atoms with Crippen LogP contribution < -0.4 is 0 Å². The molecule has 0 spiro atoms. The lowest BCUT2D eigenvalue weighted by atomic mass is 9.96. The third kappa shape index (κ3) is 4.12. The molecule has 0 amide bonds. The highest BCUT2D eigenvalue weighted by Gasteiger charge is 2.26. The lowest BCUT2D eigenvalue weighted by molar-refractivity contribution is 0.0945. The topological polar surface area (TPSA) is 26.7 Å². The first-order valence-corrected chi connectivity index (χ1v) is 8.53. The number of hydrogen-bond acceptors (Lipinski definition) is 3. The van der Waals surface area contributed by atoms with Gasteiger partial charge in [-0.15, -0.1) is 0 Å². The van der Waals surface area contributed by atoms with Crippen LogP contribution in [0.25, 0.3) is 0 Å². The highest BCUT2D eigenvalue weighted by molar-refractivity contribution is 6.30. The van der Waals surface area contributed by atoms with Crippen LogP contribution in [-0.2, 0) is 0 Å². The van der Waals surface area contributed by atoms with Crippen molar-refractivity contribution in [1.29, 1.82) is 0 Å². The number of halogens is 1. The van der Waals surface area contributed by atoms with Crippen LogP contribution in [0.5, 0.6) is 0 Å². The fourth-order valence-electron chi connectivity index (χ4n) is 3.31. The standard InChI is InChI=1S/C19H23ClN2O/c20-18-8-4-7-17(15-18)19(16-5-2-1-3-6-16)22-11-9-21(10-12-22)13-14-23/h1-8,15,19,23H,9-14H2. The smallest absolute Gasteiger partial charge is 0.0603 e. The largest absolute Gasteiger partial charge is 0.395 e. The van der Waals surface area contributed by atoms with Crippen molar-refractivity contribution in [3.05, 3.63) is 70.7 Å². The van der Waals surface area contributed by atoms with Gasteiger partial charge < -0.3 is 5.11 Å². The average molecular weight is 331 g/mol. The molecule has 1 atom stereocenters. The molecular weight excluding hydrogens is 308 g/mol. The Hall–Kier alpha value is -1.39. The van der Waals surface area contributed by atoms with E-state index in [0.29, 0.717) is 0 Å². The summed E-state index contributed by atoms with van der Waals surface area (Å²) in [6.45, 7) is 4.96. The molecule has 4 heteroatoms. The van der Waals surface area contributed by atoms with E-state index in [2.05, 4.69) is 52.3 Å². The van der Waals surface area contributed by atoms with Crippen LogP contribution in [0.3, 0.4) is 0 Å². The molecule has 3 nitrogen and oxygen atoms in total. The summed E-state index contributed by atoms with van der Waals surface area (Å²) in [5.74, 6) is 0.